The number of piperidine rings is 1. The third-order valence-electron chi connectivity index (χ3n) is 4.74. The van der Waals surface area contributed by atoms with Gasteiger partial charge in [-0.25, -0.2) is 4.79 Å². The number of esters is 1. The zero-order valence-corrected chi connectivity index (χ0v) is 12.4. The maximum Gasteiger partial charge on any atom is 0.332 e. The number of hydrogen-bond acceptors (Lipinski definition) is 3. The van der Waals surface area contributed by atoms with Gasteiger partial charge < -0.3 is 9.64 Å². The summed E-state index contributed by atoms with van der Waals surface area (Å²) in [6.45, 7) is 2.17. The van der Waals surface area contributed by atoms with Crippen molar-refractivity contribution in [3.05, 3.63) is 35.9 Å². The standard InChI is InChI=1S/C17H21NO3/c1-2-21-16(20)17-11-6-9-14(10-12-17)18(17)15(19)13-7-4-3-5-8-13/h3-5,7-8,14H,2,6,9-12H2,1H3/t14-,17+/m0/s1. The number of amides is 1. The smallest absolute Gasteiger partial charge is 0.332 e. The van der Waals surface area contributed by atoms with Crippen molar-refractivity contribution in [1.29, 1.82) is 0 Å². The fourth-order valence-electron chi connectivity index (χ4n) is 3.80. The van der Waals surface area contributed by atoms with Crippen LogP contribution in [0, 0.1) is 0 Å². The predicted octanol–water partition coefficient (Wildman–Crippen LogP) is 2.78. The monoisotopic (exact) mass is 287 g/mol. The molecule has 0 aromatic heterocycles. The average Bonchev–Trinajstić information content (AvgIpc) is 2.74. The van der Waals surface area contributed by atoms with Crippen molar-refractivity contribution >= 4 is 11.9 Å². The third kappa shape index (κ3) is 2.23. The predicted molar refractivity (Wildman–Crippen MR) is 78.8 cm³/mol. The molecule has 2 aliphatic heterocycles. The van der Waals surface area contributed by atoms with E-state index in [9.17, 15) is 9.59 Å². The second-order valence-corrected chi connectivity index (χ2v) is 5.88. The summed E-state index contributed by atoms with van der Waals surface area (Å²) in [5, 5.41) is 0. The molecule has 0 radical (unpaired) electrons. The normalized spacial score (nSPS) is 27.5. The minimum absolute atomic E-state index is 0.0362. The fourth-order valence-corrected chi connectivity index (χ4v) is 3.80. The molecule has 4 nitrogen and oxygen atoms in total. The minimum Gasteiger partial charge on any atom is -0.464 e. The zero-order chi connectivity index (χ0) is 14.9. The number of rotatable bonds is 3. The van der Waals surface area contributed by atoms with E-state index in [4.69, 9.17) is 4.74 Å². The van der Waals surface area contributed by atoms with Crippen molar-refractivity contribution in [2.45, 2.75) is 50.6 Å². The Morgan fingerprint density at radius 1 is 1.24 bits per heavy atom. The SMILES string of the molecule is CCOC(=O)[C@@]12CCC[C@@H](CC1)N2C(=O)c1ccccc1. The molecule has 2 bridgehead atoms. The Labute approximate surface area is 125 Å². The first-order chi connectivity index (χ1) is 10.2. The van der Waals surface area contributed by atoms with Gasteiger partial charge in [0.15, 0.2) is 0 Å². The Balaban J connectivity index is 1.95. The molecule has 0 spiro atoms. The van der Waals surface area contributed by atoms with E-state index in [2.05, 4.69) is 0 Å². The molecule has 1 aromatic rings. The Morgan fingerprint density at radius 2 is 2.00 bits per heavy atom. The molecular weight excluding hydrogens is 266 g/mol. The van der Waals surface area contributed by atoms with E-state index < -0.39 is 5.54 Å². The van der Waals surface area contributed by atoms with Gasteiger partial charge >= 0.3 is 5.97 Å². The molecule has 1 aromatic carbocycles. The van der Waals surface area contributed by atoms with Crippen LogP contribution in [0.2, 0.25) is 0 Å². The van der Waals surface area contributed by atoms with Crippen LogP contribution in [0.25, 0.3) is 0 Å². The molecule has 3 rings (SSSR count). The minimum atomic E-state index is -0.730. The molecule has 0 N–H and O–H groups in total. The number of hydrogen-bond donors (Lipinski definition) is 0. The number of fused-ring (bicyclic) bond motifs is 2. The van der Waals surface area contributed by atoms with Crippen molar-refractivity contribution in [2.24, 2.45) is 0 Å². The Bertz CT molecular complexity index is 538. The lowest BCUT2D eigenvalue weighted by Crippen LogP contribution is -2.58. The molecule has 2 atom stereocenters. The number of ether oxygens (including phenoxy) is 1. The van der Waals surface area contributed by atoms with Crippen LogP contribution < -0.4 is 0 Å². The van der Waals surface area contributed by atoms with Crippen molar-refractivity contribution in [3.8, 4) is 0 Å². The number of carbonyl (C=O) groups is 2. The van der Waals surface area contributed by atoms with Gasteiger partial charge in [0.05, 0.1) is 6.61 Å². The van der Waals surface area contributed by atoms with Gasteiger partial charge in [-0.3, -0.25) is 4.79 Å². The lowest BCUT2D eigenvalue weighted by Gasteiger charge is -2.42. The van der Waals surface area contributed by atoms with Gasteiger partial charge in [-0.2, -0.15) is 0 Å². The van der Waals surface area contributed by atoms with Gasteiger partial charge in [0, 0.05) is 11.6 Å². The van der Waals surface area contributed by atoms with Crippen LogP contribution in [0.1, 0.15) is 49.4 Å². The molecule has 2 saturated heterocycles. The zero-order valence-electron chi connectivity index (χ0n) is 12.4. The summed E-state index contributed by atoms with van der Waals surface area (Å²) in [7, 11) is 0. The van der Waals surface area contributed by atoms with Crippen LogP contribution in [0.5, 0.6) is 0 Å². The lowest BCUT2D eigenvalue weighted by atomic mass is 9.87. The number of nitrogens with zero attached hydrogens (tertiary/aromatic N) is 1. The first kappa shape index (κ1) is 14.1. The quantitative estimate of drug-likeness (QED) is 0.803. The molecule has 0 unspecified atom stereocenters. The van der Waals surface area contributed by atoms with Gasteiger partial charge in [0.2, 0.25) is 0 Å². The van der Waals surface area contributed by atoms with Crippen molar-refractivity contribution in [1.82, 2.24) is 4.90 Å². The third-order valence-corrected chi connectivity index (χ3v) is 4.74. The first-order valence-electron chi connectivity index (χ1n) is 7.75. The molecule has 0 aliphatic carbocycles. The van der Waals surface area contributed by atoms with Gasteiger partial charge in [0.25, 0.3) is 5.91 Å². The molecule has 21 heavy (non-hydrogen) atoms. The van der Waals surface area contributed by atoms with Gasteiger partial charge in [0.1, 0.15) is 5.54 Å². The highest BCUT2D eigenvalue weighted by Crippen LogP contribution is 2.45. The average molecular weight is 287 g/mol. The van der Waals surface area contributed by atoms with Crippen LogP contribution in [-0.4, -0.2) is 35.0 Å². The highest BCUT2D eigenvalue weighted by atomic mass is 16.5. The van der Waals surface area contributed by atoms with E-state index in [-0.39, 0.29) is 17.9 Å². The number of carbonyl (C=O) groups excluding carboxylic acids is 2. The molecule has 2 fully saturated rings. The van der Waals surface area contributed by atoms with E-state index >= 15 is 0 Å². The van der Waals surface area contributed by atoms with E-state index in [1.165, 1.54) is 0 Å². The summed E-state index contributed by atoms with van der Waals surface area (Å²) >= 11 is 0. The summed E-state index contributed by atoms with van der Waals surface area (Å²) in [4.78, 5) is 27.2. The second kappa shape index (κ2) is 5.51. The van der Waals surface area contributed by atoms with Crippen molar-refractivity contribution < 1.29 is 14.3 Å². The highest BCUT2D eigenvalue weighted by Gasteiger charge is 2.56. The van der Waals surface area contributed by atoms with Gasteiger partial charge in [-0.1, -0.05) is 18.2 Å². The van der Waals surface area contributed by atoms with E-state index in [0.29, 0.717) is 12.2 Å². The van der Waals surface area contributed by atoms with E-state index in [1.54, 1.807) is 0 Å². The molecule has 2 heterocycles. The van der Waals surface area contributed by atoms with Crippen molar-refractivity contribution in [2.75, 3.05) is 6.61 Å². The first-order valence-corrected chi connectivity index (χ1v) is 7.75. The molecule has 1 amide bonds. The molecule has 2 aliphatic rings. The summed E-state index contributed by atoms with van der Waals surface area (Å²) in [5.41, 5.74) is -0.0776. The summed E-state index contributed by atoms with van der Waals surface area (Å²) in [6.07, 6.45) is 4.33. The van der Waals surface area contributed by atoms with E-state index in [0.717, 1.165) is 32.1 Å². The van der Waals surface area contributed by atoms with Crippen LogP contribution in [-0.2, 0) is 9.53 Å². The molecule has 0 saturated carbocycles. The number of benzene rings is 1. The maximum absolute atomic E-state index is 12.9. The Morgan fingerprint density at radius 3 is 2.71 bits per heavy atom. The molecular formula is C17H21NO3. The summed E-state index contributed by atoms with van der Waals surface area (Å²) in [5.74, 6) is -0.262. The largest absolute Gasteiger partial charge is 0.464 e. The summed E-state index contributed by atoms with van der Waals surface area (Å²) < 4.78 is 5.29. The van der Waals surface area contributed by atoms with Crippen LogP contribution in [0.4, 0.5) is 0 Å². The van der Waals surface area contributed by atoms with E-state index in [1.807, 2.05) is 42.2 Å². The lowest BCUT2D eigenvalue weighted by molar-refractivity contribution is -0.157. The molecule has 4 heteroatoms. The van der Waals surface area contributed by atoms with Gasteiger partial charge in [-0.15, -0.1) is 0 Å². The van der Waals surface area contributed by atoms with Crippen LogP contribution in [0.3, 0.4) is 0 Å². The fraction of sp³-hybridized carbons (Fsp3) is 0.529. The molecule has 112 valence electrons. The van der Waals surface area contributed by atoms with Crippen molar-refractivity contribution in [3.63, 3.8) is 0 Å². The maximum atomic E-state index is 12.9. The second-order valence-electron chi connectivity index (χ2n) is 5.88. The van der Waals surface area contributed by atoms with Gasteiger partial charge in [-0.05, 0) is 51.2 Å². The van der Waals surface area contributed by atoms with Crippen LogP contribution >= 0.6 is 0 Å². The summed E-state index contributed by atoms with van der Waals surface area (Å²) in [6, 6.07) is 9.41. The topological polar surface area (TPSA) is 46.6 Å². The van der Waals surface area contributed by atoms with Crippen LogP contribution in [0.15, 0.2) is 30.3 Å². The Hall–Kier alpha value is -1.84. The Kier molecular flexibility index (Phi) is 3.70. The highest BCUT2D eigenvalue weighted by molar-refractivity contribution is 5.99.